The highest BCUT2D eigenvalue weighted by Gasteiger charge is 2.27. The normalized spacial score (nSPS) is 14.8. The summed E-state index contributed by atoms with van der Waals surface area (Å²) in [6.45, 7) is 6.68. The van der Waals surface area contributed by atoms with Gasteiger partial charge in [0.15, 0.2) is 11.5 Å². The molecule has 1 aliphatic heterocycles. The van der Waals surface area contributed by atoms with E-state index in [9.17, 15) is 9.59 Å². The molecule has 2 atom stereocenters. The Hall–Kier alpha value is -2.73. The van der Waals surface area contributed by atoms with E-state index < -0.39 is 6.04 Å². The Morgan fingerprint density at radius 2 is 1.66 bits per heavy atom. The van der Waals surface area contributed by atoms with Gasteiger partial charge in [-0.25, -0.2) is 0 Å². The van der Waals surface area contributed by atoms with Crippen molar-refractivity contribution in [3.05, 3.63) is 58.6 Å². The van der Waals surface area contributed by atoms with Gasteiger partial charge in [-0.1, -0.05) is 43.6 Å². The first-order valence-corrected chi connectivity index (χ1v) is 10.00. The fourth-order valence-corrected chi connectivity index (χ4v) is 3.34. The Bertz CT molecular complexity index is 900. The van der Waals surface area contributed by atoms with Crippen molar-refractivity contribution in [3.8, 4) is 11.5 Å². The van der Waals surface area contributed by atoms with Crippen molar-refractivity contribution in [2.24, 2.45) is 5.92 Å². The number of rotatable bonds is 6. The standard InChI is InChI=1S/C22H25ClN2O4/c1-13(2)20(25-21(26)16-6-4-5-7-17(16)23)22(27)24-14(3)15-8-9-18-19(12-15)29-11-10-28-18/h4-9,12-14,20H,10-11H2,1-3H3,(H,24,27)(H,25,26)/t14-,20+/m1/s1. The Balaban J connectivity index is 1.69. The molecule has 2 aromatic carbocycles. The van der Waals surface area contributed by atoms with Gasteiger partial charge in [-0.05, 0) is 42.7 Å². The fraction of sp³-hybridized carbons (Fsp3) is 0.364. The average Bonchev–Trinajstić information content (AvgIpc) is 2.71. The van der Waals surface area contributed by atoms with E-state index in [0.717, 1.165) is 5.56 Å². The lowest BCUT2D eigenvalue weighted by atomic mass is 10.0. The maximum Gasteiger partial charge on any atom is 0.253 e. The van der Waals surface area contributed by atoms with Crippen molar-refractivity contribution < 1.29 is 19.1 Å². The molecule has 0 aromatic heterocycles. The van der Waals surface area contributed by atoms with Crippen LogP contribution in [0.3, 0.4) is 0 Å². The lowest BCUT2D eigenvalue weighted by Crippen LogP contribution is -2.50. The Kier molecular flexibility index (Phi) is 6.64. The number of amides is 2. The van der Waals surface area contributed by atoms with E-state index in [1.54, 1.807) is 24.3 Å². The second kappa shape index (κ2) is 9.18. The van der Waals surface area contributed by atoms with Crippen LogP contribution in [0.15, 0.2) is 42.5 Å². The van der Waals surface area contributed by atoms with E-state index in [2.05, 4.69) is 10.6 Å². The van der Waals surface area contributed by atoms with E-state index in [0.29, 0.717) is 35.3 Å². The van der Waals surface area contributed by atoms with E-state index in [4.69, 9.17) is 21.1 Å². The van der Waals surface area contributed by atoms with Gasteiger partial charge in [0.2, 0.25) is 5.91 Å². The van der Waals surface area contributed by atoms with Gasteiger partial charge >= 0.3 is 0 Å². The SMILES string of the molecule is CC(C)[C@H](NC(=O)c1ccccc1Cl)C(=O)N[C@H](C)c1ccc2c(c1)OCCO2. The molecule has 7 heteroatoms. The zero-order valence-corrected chi connectivity index (χ0v) is 17.5. The van der Waals surface area contributed by atoms with Gasteiger partial charge in [-0.3, -0.25) is 9.59 Å². The summed E-state index contributed by atoms with van der Waals surface area (Å²) >= 11 is 6.10. The molecule has 0 unspecified atom stereocenters. The minimum Gasteiger partial charge on any atom is -0.486 e. The van der Waals surface area contributed by atoms with Crippen molar-refractivity contribution in [1.29, 1.82) is 0 Å². The first-order chi connectivity index (χ1) is 13.9. The molecule has 2 N–H and O–H groups in total. The van der Waals surface area contributed by atoms with Crippen molar-refractivity contribution in [1.82, 2.24) is 10.6 Å². The van der Waals surface area contributed by atoms with E-state index in [1.165, 1.54) is 0 Å². The summed E-state index contributed by atoms with van der Waals surface area (Å²) in [5, 5.41) is 6.12. The molecular weight excluding hydrogens is 392 g/mol. The number of nitrogens with one attached hydrogen (secondary N) is 2. The van der Waals surface area contributed by atoms with Gasteiger partial charge in [-0.2, -0.15) is 0 Å². The molecule has 3 rings (SSSR count). The number of benzene rings is 2. The van der Waals surface area contributed by atoms with Crippen molar-refractivity contribution >= 4 is 23.4 Å². The molecule has 0 spiro atoms. The van der Waals surface area contributed by atoms with Crippen molar-refractivity contribution in [2.75, 3.05) is 13.2 Å². The minimum atomic E-state index is -0.696. The molecule has 2 amide bonds. The third kappa shape index (κ3) is 5.01. The molecule has 0 bridgehead atoms. The number of carbonyl (C=O) groups is 2. The number of ether oxygens (including phenoxy) is 2. The van der Waals surface area contributed by atoms with Gasteiger partial charge in [0.1, 0.15) is 19.3 Å². The van der Waals surface area contributed by atoms with Crippen LogP contribution in [0.25, 0.3) is 0 Å². The number of hydrogen-bond acceptors (Lipinski definition) is 4. The molecule has 0 fully saturated rings. The van der Waals surface area contributed by atoms with Gasteiger partial charge in [0.25, 0.3) is 5.91 Å². The Morgan fingerprint density at radius 3 is 2.34 bits per heavy atom. The molecule has 29 heavy (non-hydrogen) atoms. The second-order valence-corrected chi connectivity index (χ2v) is 7.72. The van der Waals surface area contributed by atoms with Crippen molar-refractivity contribution in [2.45, 2.75) is 32.9 Å². The zero-order valence-electron chi connectivity index (χ0n) is 16.7. The monoisotopic (exact) mass is 416 g/mol. The van der Waals surface area contributed by atoms with Crippen LogP contribution >= 0.6 is 11.6 Å². The van der Waals surface area contributed by atoms with Gasteiger partial charge in [0.05, 0.1) is 16.6 Å². The largest absolute Gasteiger partial charge is 0.486 e. The molecule has 0 saturated heterocycles. The molecular formula is C22H25ClN2O4. The van der Waals surface area contributed by atoms with Crippen LogP contribution in [0.4, 0.5) is 0 Å². The molecule has 0 aliphatic carbocycles. The van der Waals surface area contributed by atoms with Crippen LogP contribution in [0.5, 0.6) is 11.5 Å². The Morgan fingerprint density at radius 1 is 0.966 bits per heavy atom. The quantitative estimate of drug-likeness (QED) is 0.752. The van der Waals surface area contributed by atoms with Gasteiger partial charge in [-0.15, -0.1) is 0 Å². The number of halogens is 1. The van der Waals surface area contributed by atoms with Crippen molar-refractivity contribution in [3.63, 3.8) is 0 Å². The lowest BCUT2D eigenvalue weighted by Gasteiger charge is -2.25. The molecule has 154 valence electrons. The first-order valence-electron chi connectivity index (χ1n) is 9.62. The van der Waals surface area contributed by atoms with E-state index in [-0.39, 0.29) is 23.8 Å². The smallest absolute Gasteiger partial charge is 0.253 e. The van der Waals surface area contributed by atoms with Gasteiger partial charge < -0.3 is 20.1 Å². The third-order valence-corrected chi connectivity index (χ3v) is 5.11. The molecule has 6 nitrogen and oxygen atoms in total. The molecule has 1 aliphatic rings. The summed E-state index contributed by atoms with van der Waals surface area (Å²) in [5.74, 6) is 0.626. The maximum atomic E-state index is 12.9. The zero-order chi connectivity index (χ0) is 21.0. The highest BCUT2D eigenvalue weighted by atomic mass is 35.5. The van der Waals surface area contributed by atoms with Crippen LogP contribution < -0.4 is 20.1 Å². The number of fused-ring (bicyclic) bond motifs is 1. The van der Waals surface area contributed by atoms with E-state index >= 15 is 0 Å². The lowest BCUT2D eigenvalue weighted by molar-refractivity contribution is -0.124. The summed E-state index contributed by atoms with van der Waals surface area (Å²) in [6.07, 6.45) is 0. The van der Waals surface area contributed by atoms with E-state index in [1.807, 2.05) is 39.0 Å². The number of hydrogen-bond donors (Lipinski definition) is 2. The topological polar surface area (TPSA) is 76.7 Å². The maximum absolute atomic E-state index is 12.9. The van der Waals surface area contributed by atoms with Crippen LogP contribution in [-0.4, -0.2) is 31.1 Å². The highest BCUT2D eigenvalue weighted by molar-refractivity contribution is 6.33. The summed E-state index contributed by atoms with van der Waals surface area (Å²) in [6, 6.07) is 11.4. The van der Waals surface area contributed by atoms with Crippen LogP contribution in [0.1, 0.15) is 42.7 Å². The second-order valence-electron chi connectivity index (χ2n) is 7.31. The first kappa shape index (κ1) is 21.0. The van der Waals surface area contributed by atoms with Crippen LogP contribution in [0, 0.1) is 5.92 Å². The molecule has 2 aromatic rings. The predicted molar refractivity (Wildman–Crippen MR) is 112 cm³/mol. The summed E-state index contributed by atoms with van der Waals surface area (Å²) < 4.78 is 11.1. The van der Waals surface area contributed by atoms with Crippen LogP contribution in [-0.2, 0) is 4.79 Å². The Labute approximate surface area is 175 Å². The summed E-state index contributed by atoms with van der Waals surface area (Å²) in [5.41, 5.74) is 1.23. The predicted octanol–water partition coefficient (Wildman–Crippen LogP) is 3.74. The van der Waals surface area contributed by atoms with Crippen LogP contribution in [0.2, 0.25) is 5.02 Å². The number of carbonyl (C=O) groups excluding carboxylic acids is 2. The summed E-state index contributed by atoms with van der Waals surface area (Å²) in [7, 11) is 0. The third-order valence-electron chi connectivity index (χ3n) is 4.78. The molecule has 1 heterocycles. The van der Waals surface area contributed by atoms with Gasteiger partial charge in [0, 0.05) is 0 Å². The molecule has 0 radical (unpaired) electrons. The highest BCUT2D eigenvalue weighted by Crippen LogP contribution is 2.32. The summed E-state index contributed by atoms with van der Waals surface area (Å²) in [4.78, 5) is 25.5. The average molecular weight is 417 g/mol. The molecule has 0 saturated carbocycles. The fourth-order valence-electron chi connectivity index (χ4n) is 3.12. The minimum absolute atomic E-state index is 0.103.